The zero-order chi connectivity index (χ0) is 20.3. The molecule has 0 fully saturated rings. The summed E-state index contributed by atoms with van der Waals surface area (Å²) in [6.07, 6.45) is 1.63. The zero-order valence-corrected chi connectivity index (χ0v) is 17.0. The predicted octanol–water partition coefficient (Wildman–Crippen LogP) is 3.25. The van der Waals surface area contributed by atoms with Crippen LogP contribution >= 0.6 is 11.3 Å². The average molecular weight is 401 g/mol. The standard InChI is InChI=1S/C20H23N3O4S/c1-4-12(3)18(25)23-9-8-14-10-13(6-7-16(14)23)15-11-28-20(21-15)22-17(24)19(26)27-5-2/h6-7,10-12H,4-5,8-9H2,1-3H3,(H,21,22,24)/t12-/m0/s1. The van der Waals surface area contributed by atoms with E-state index in [2.05, 4.69) is 15.0 Å². The van der Waals surface area contributed by atoms with Gasteiger partial charge in [0.2, 0.25) is 5.91 Å². The van der Waals surface area contributed by atoms with Crippen molar-refractivity contribution in [2.24, 2.45) is 5.92 Å². The third-order valence-corrected chi connectivity index (χ3v) is 5.51. The Morgan fingerprint density at radius 1 is 1.32 bits per heavy atom. The largest absolute Gasteiger partial charge is 0.459 e. The molecule has 3 rings (SSSR count). The molecule has 148 valence electrons. The lowest BCUT2D eigenvalue weighted by molar-refractivity contribution is -0.152. The maximum absolute atomic E-state index is 12.5. The van der Waals surface area contributed by atoms with Crippen molar-refractivity contribution in [2.45, 2.75) is 33.6 Å². The lowest BCUT2D eigenvalue weighted by Gasteiger charge is -2.21. The van der Waals surface area contributed by atoms with Crippen LogP contribution in [-0.2, 0) is 25.5 Å². The summed E-state index contributed by atoms with van der Waals surface area (Å²) in [6, 6.07) is 5.91. The topological polar surface area (TPSA) is 88.6 Å². The molecular formula is C20H23N3O4S. The van der Waals surface area contributed by atoms with Crippen molar-refractivity contribution in [2.75, 3.05) is 23.4 Å². The fourth-order valence-electron chi connectivity index (χ4n) is 3.04. The summed E-state index contributed by atoms with van der Waals surface area (Å²) in [7, 11) is 0. The number of carbonyl (C=O) groups is 3. The first-order valence-electron chi connectivity index (χ1n) is 9.32. The van der Waals surface area contributed by atoms with Crippen LogP contribution in [0.25, 0.3) is 11.3 Å². The molecule has 0 saturated carbocycles. The molecule has 1 aromatic heterocycles. The molecular weight excluding hydrogens is 378 g/mol. The van der Waals surface area contributed by atoms with E-state index in [4.69, 9.17) is 0 Å². The van der Waals surface area contributed by atoms with E-state index in [1.165, 1.54) is 11.3 Å². The lowest BCUT2D eigenvalue weighted by atomic mass is 10.1. The number of rotatable bonds is 5. The van der Waals surface area contributed by atoms with E-state index in [1.807, 2.05) is 42.3 Å². The number of benzene rings is 1. The molecule has 1 aliphatic rings. The molecule has 8 heteroatoms. The molecule has 2 amide bonds. The van der Waals surface area contributed by atoms with Gasteiger partial charge in [-0.1, -0.05) is 19.9 Å². The quantitative estimate of drug-likeness (QED) is 0.614. The first kappa shape index (κ1) is 20.0. The van der Waals surface area contributed by atoms with Gasteiger partial charge in [-0.3, -0.25) is 14.9 Å². The summed E-state index contributed by atoms with van der Waals surface area (Å²) in [6.45, 7) is 6.44. The highest BCUT2D eigenvalue weighted by Gasteiger charge is 2.27. The van der Waals surface area contributed by atoms with Gasteiger partial charge in [0.15, 0.2) is 5.13 Å². The van der Waals surface area contributed by atoms with Gasteiger partial charge in [0, 0.05) is 29.1 Å². The third-order valence-electron chi connectivity index (χ3n) is 4.76. The zero-order valence-electron chi connectivity index (χ0n) is 16.2. The van der Waals surface area contributed by atoms with Crippen LogP contribution in [0.15, 0.2) is 23.6 Å². The van der Waals surface area contributed by atoms with E-state index in [9.17, 15) is 14.4 Å². The number of hydrogen-bond acceptors (Lipinski definition) is 6. The highest BCUT2D eigenvalue weighted by molar-refractivity contribution is 7.14. The second-order valence-electron chi connectivity index (χ2n) is 6.61. The number of carbonyl (C=O) groups excluding carboxylic acids is 3. The van der Waals surface area contributed by atoms with Crippen LogP contribution in [0, 0.1) is 5.92 Å². The van der Waals surface area contributed by atoms with Crippen molar-refractivity contribution < 1.29 is 19.1 Å². The van der Waals surface area contributed by atoms with E-state index in [0.29, 0.717) is 17.4 Å². The molecule has 28 heavy (non-hydrogen) atoms. The maximum atomic E-state index is 12.5. The Bertz CT molecular complexity index is 909. The summed E-state index contributed by atoms with van der Waals surface area (Å²) in [5.41, 5.74) is 3.68. The summed E-state index contributed by atoms with van der Waals surface area (Å²) < 4.78 is 4.67. The number of ether oxygens (including phenoxy) is 1. The molecule has 2 aromatic rings. The van der Waals surface area contributed by atoms with Gasteiger partial charge in [-0.2, -0.15) is 0 Å². The number of fused-ring (bicyclic) bond motifs is 1. The smallest absolute Gasteiger partial charge is 0.397 e. The molecule has 1 aromatic carbocycles. The SMILES string of the molecule is CCOC(=O)C(=O)Nc1nc(-c2ccc3c(c2)CCN3C(=O)[C@@H](C)CC)cs1. The van der Waals surface area contributed by atoms with Crippen LogP contribution in [0.1, 0.15) is 32.8 Å². The van der Waals surface area contributed by atoms with Crippen molar-refractivity contribution in [1.82, 2.24) is 4.98 Å². The second-order valence-corrected chi connectivity index (χ2v) is 7.46. The predicted molar refractivity (Wildman–Crippen MR) is 108 cm³/mol. The molecule has 0 radical (unpaired) electrons. The lowest BCUT2D eigenvalue weighted by Crippen LogP contribution is -2.33. The van der Waals surface area contributed by atoms with Gasteiger partial charge >= 0.3 is 11.9 Å². The number of nitrogens with one attached hydrogen (secondary N) is 1. The van der Waals surface area contributed by atoms with Gasteiger partial charge in [0.25, 0.3) is 0 Å². The molecule has 2 heterocycles. The van der Waals surface area contributed by atoms with E-state index in [-0.39, 0.29) is 18.4 Å². The summed E-state index contributed by atoms with van der Waals surface area (Å²) in [5.74, 6) is -1.60. The molecule has 0 bridgehead atoms. The first-order chi connectivity index (χ1) is 13.4. The molecule has 7 nitrogen and oxygen atoms in total. The van der Waals surface area contributed by atoms with Gasteiger partial charge in [0.1, 0.15) is 0 Å². The minimum absolute atomic E-state index is 0.00901. The minimum atomic E-state index is -0.928. The minimum Gasteiger partial charge on any atom is -0.459 e. The number of hydrogen-bond donors (Lipinski definition) is 1. The van der Waals surface area contributed by atoms with Crippen LogP contribution in [-0.4, -0.2) is 35.9 Å². The fourth-order valence-corrected chi connectivity index (χ4v) is 3.75. The molecule has 1 atom stereocenters. The Labute approximate surface area is 167 Å². The Morgan fingerprint density at radius 3 is 2.82 bits per heavy atom. The van der Waals surface area contributed by atoms with Gasteiger partial charge in [-0.05, 0) is 37.5 Å². The van der Waals surface area contributed by atoms with E-state index < -0.39 is 11.9 Å². The maximum Gasteiger partial charge on any atom is 0.397 e. The van der Waals surface area contributed by atoms with Gasteiger partial charge in [-0.15, -0.1) is 11.3 Å². The molecule has 0 aliphatic carbocycles. The number of anilines is 2. The monoisotopic (exact) mass is 401 g/mol. The molecule has 0 saturated heterocycles. The third kappa shape index (κ3) is 4.06. The van der Waals surface area contributed by atoms with E-state index in [0.717, 1.165) is 29.7 Å². The van der Waals surface area contributed by atoms with Crippen molar-refractivity contribution in [1.29, 1.82) is 0 Å². The van der Waals surface area contributed by atoms with Crippen molar-refractivity contribution in [3.63, 3.8) is 0 Å². The van der Waals surface area contributed by atoms with Gasteiger partial charge < -0.3 is 9.64 Å². The van der Waals surface area contributed by atoms with Crippen LogP contribution in [0.4, 0.5) is 10.8 Å². The first-order valence-corrected chi connectivity index (χ1v) is 10.2. The molecule has 1 aliphatic heterocycles. The number of amides is 2. The van der Waals surface area contributed by atoms with Crippen LogP contribution in [0.2, 0.25) is 0 Å². The highest BCUT2D eigenvalue weighted by atomic mass is 32.1. The Morgan fingerprint density at radius 2 is 2.11 bits per heavy atom. The second kappa shape index (κ2) is 8.52. The Balaban J connectivity index is 1.75. The number of thiazole rings is 1. The van der Waals surface area contributed by atoms with E-state index >= 15 is 0 Å². The van der Waals surface area contributed by atoms with Gasteiger partial charge in [0.05, 0.1) is 12.3 Å². The number of esters is 1. The van der Waals surface area contributed by atoms with Crippen LogP contribution in [0.3, 0.4) is 0 Å². The Hall–Kier alpha value is -2.74. The normalized spacial score (nSPS) is 13.8. The summed E-state index contributed by atoms with van der Waals surface area (Å²) >= 11 is 1.24. The van der Waals surface area contributed by atoms with Crippen LogP contribution < -0.4 is 10.2 Å². The number of aromatic nitrogens is 1. The fraction of sp³-hybridized carbons (Fsp3) is 0.400. The van der Waals surface area contributed by atoms with Crippen molar-refractivity contribution in [3.05, 3.63) is 29.1 Å². The summed E-state index contributed by atoms with van der Waals surface area (Å²) in [4.78, 5) is 41.9. The molecule has 0 unspecified atom stereocenters. The van der Waals surface area contributed by atoms with E-state index in [1.54, 1.807) is 6.92 Å². The summed E-state index contributed by atoms with van der Waals surface area (Å²) in [5, 5.41) is 4.61. The van der Waals surface area contributed by atoms with Gasteiger partial charge in [-0.25, -0.2) is 9.78 Å². The van der Waals surface area contributed by atoms with Crippen molar-refractivity contribution in [3.8, 4) is 11.3 Å². The number of nitrogens with zero attached hydrogens (tertiary/aromatic N) is 2. The molecule has 1 N–H and O–H groups in total. The Kier molecular flexibility index (Phi) is 6.08. The highest BCUT2D eigenvalue weighted by Crippen LogP contribution is 2.34. The van der Waals surface area contributed by atoms with Crippen molar-refractivity contribution >= 4 is 39.9 Å². The average Bonchev–Trinajstić information content (AvgIpc) is 3.33. The van der Waals surface area contributed by atoms with Crippen LogP contribution in [0.5, 0.6) is 0 Å². The molecule has 0 spiro atoms.